The third-order valence-corrected chi connectivity index (χ3v) is 4.46. The van der Waals surface area contributed by atoms with E-state index in [1.165, 1.54) is 0 Å². The molecule has 30 heavy (non-hydrogen) atoms. The molecule has 0 aliphatic carbocycles. The van der Waals surface area contributed by atoms with E-state index in [4.69, 9.17) is 0 Å². The summed E-state index contributed by atoms with van der Waals surface area (Å²) in [6, 6.07) is 19.9. The number of benzene rings is 2. The van der Waals surface area contributed by atoms with E-state index >= 15 is 0 Å². The predicted molar refractivity (Wildman–Crippen MR) is 120 cm³/mol. The normalized spacial score (nSPS) is 10.5. The summed E-state index contributed by atoms with van der Waals surface area (Å²) in [6.45, 7) is 4.93. The van der Waals surface area contributed by atoms with Gasteiger partial charge in [0.15, 0.2) is 0 Å². The highest BCUT2D eigenvalue weighted by Gasteiger charge is 2.08. The first-order valence-electron chi connectivity index (χ1n) is 9.99. The summed E-state index contributed by atoms with van der Waals surface area (Å²) >= 11 is 0. The largest absolute Gasteiger partial charge is 0.356 e. The molecular formula is C24H26N4O2. The second kappa shape index (κ2) is 10.2. The van der Waals surface area contributed by atoms with Crippen molar-refractivity contribution in [2.45, 2.75) is 20.3 Å². The van der Waals surface area contributed by atoms with E-state index in [1.807, 2.05) is 42.5 Å². The third-order valence-electron chi connectivity index (χ3n) is 4.46. The van der Waals surface area contributed by atoms with Crippen LogP contribution >= 0.6 is 0 Å². The standard InChI is InChI=1S/C24H26N4O2/c1-17(2)13-15-26-23(29)18-6-5-7-21(16-18)27-19-9-11-20(12-10-19)28-24(30)22-8-3-4-14-25-22/h3-12,14,16-17,27H,13,15H2,1-2H3,(H,26,29)(H,28,30). The monoisotopic (exact) mass is 402 g/mol. The Morgan fingerprint density at radius 1 is 0.867 bits per heavy atom. The molecule has 2 aromatic carbocycles. The Morgan fingerprint density at radius 3 is 2.33 bits per heavy atom. The van der Waals surface area contributed by atoms with Gasteiger partial charge in [0.05, 0.1) is 0 Å². The number of amides is 2. The minimum Gasteiger partial charge on any atom is -0.356 e. The van der Waals surface area contributed by atoms with Crippen molar-refractivity contribution in [3.63, 3.8) is 0 Å². The minimum atomic E-state index is -0.257. The molecule has 2 amide bonds. The summed E-state index contributed by atoms with van der Waals surface area (Å²) in [5.74, 6) is 0.217. The molecule has 0 saturated carbocycles. The second-order valence-corrected chi connectivity index (χ2v) is 7.39. The summed E-state index contributed by atoms with van der Waals surface area (Å²) in [4.78, 5) is 28.5. The Balaban J connectivity index is 1.59. The van der Waals surface area contributed by atoms with Crippen LogP contribution in [0.15, 0.2) is 72.9 Å². The van der Waals surface area contributed by atoms with Crippen LogP contribution in [0.5, 0.6) is 0 Å². The Kier molecular flexibility index (Phi) is 7.16. The molecule has 154 valence electrons. The summed E-state index contributed by atoms with van der Waals surface area (Å²) < 4.78 is 0. The van der Waals surface area contributed by atoms with Crippen molar-refractivity contribution in [1.82, 2.24) is 10.3 Å². The van der Waals surface area contributed by atoms with Gasteiger partial charge in [0.1, 0.15) is 5.69 Å². The molecule has 0 aliphatic rings. The van der Waals surface area contributed by atoms with Crippen molar-refractivity contribution < 1.29 is 9.59 Å². The Morgan fingerprint density at radius 2 is 1.63 bits per heavy atom. The fraction of sp³-hybridized carbons (Fsp3) is 0.208. The molecule has 6 nitrogen and oxygen atoms in total. The molecule has 3 aromatic rings. The predicted octanol–water partition coefficient (Wildman–Crippen LogP) is 4.85. The van der Waals surface area contributed by atoms with Gasteiger partial charge in [-0.05, 0) is 66.9 Å². The van der Waals surface area contributed by atoms with Crippen molar-refractivity contribution in [3.05, 3.63) is 84.2 Å². The maximum Gasteiger partial charge on any atom is 0.274 e. The Hall–Kier alpha value is -3.67. The lowest BCUT2D eigenvalue weighted by Gasteiger charge is -2.11. The number of carbonyl (C=O) groups is 2. The maximum atomic E-state index is 12.3. The zero-order chi connectivity index (χ0) is 21.3. The van der Waals surface area contributed by atoms with Gasteiger partial charge in [0.2, 0.25) is 0 Å². The Bertz CT molecular complexity index is 986. The van der Waals surface area contributed by atoms with E-state index in [0.717, 1.165) is 17.8 Å². The molecule has 3 rings (SSSR count). The first kappa shape index (κ1) is 21.0. The average molecular weight is 402 g/mol. The molecule has 0 radical (unpaired) electrons. The van der Waals surface area contributed by atoms with Gasteiger partial charge in [-0.1, -0.05) is 26.0 Å². The van der Waals surface area contributed by atoms with E-state index in [1.54, 1.807) is 30.5 Å². The molecule has 0 atom stereocenters. The number of carbonyl (C=O) groups excluding carboxylic acids is 2. The van der Waals surface area contributed by atoms with E-state index in [0.29, 0.717) is 29.4 Å². The van der Waals surface area contributed by atoms with Crippen LogP contribution in [0.4, 0.5) is 17.1 Å². The van der Waals surface area contributed by atoms with Crippen molar-refractivity contribution in [3.8, 4) is 0 Å². The van der Waals surface area contributed by atoms with Crippen LogP contribution in [0, 0.1) is 5.92 Å². The fourth-order valence-corrected chi connectivity index (χ4v) is 2.81. The summed E-state index contributed by atoms with van der Waals surface area (Å²) in [6.07, 6.45) is 2.54. The van der Waals surface area contributed by atoms with Gasteiger partial charge in [-0.25, -0.2) is 0 Å². The summed E-state index contributed by atoms with van der Waals surface area (Å²) in [5, 5.41) is 9.05. The number of anilines is 3. The van der Waals surface area contributed by atoms with Crippen molar-refractivity contribution >= 4 is 28.9 Å². The van der Waals surface area contributed by atoms with Gasteiger partial charge in [0.25, 0.3) is 11.8 Å². The van der Waals surface area contributed by atoms with E-state index in [2.05, 4.69) is 34.8 Å². The molecule has 0 saturated heterocycles. The highest BCUT2D eigenvalue weighted by Crippen LogP contribution is 2.20. The molecular weight excluding hydrogens is 376 g/mol. The molecule has 1 aromatic heterocycles. The van der Waals surface area contributed by atoms with Crippen LogP contribution in [0.25, 0.3) is 0 Å². The Labute approximate surface area is 176 Å². The van der Waals surface area contributed by atoms with Crippen molar-refractivity contribution in [2.24, 2.45) is 5.92 Å². The second-order valence-electron chi connectivity index (χ2n) is 7.39. The summed E-state index contributed by atoms with van der Waals surface area (Å²) in [5.41, 5.74) is 3.32. The molecule has 6 heteroatoms. The van der Waals surface area contributed by atoms with Gasteiger partial charge < -0.3 is 16.0 Å². The number of nitrogens with zero attached hydrogens (tertiary/aromatic N) is 1. The minimum absolute atomic E-state index is 0.0770. The van der Waals surface area contributed by atoms with Crippen LogP contribution in [-0.4, -0.2) is 23.3 Å². The lowest BCUT2D eigenvalue weighted by Crippen LogP contribution is -2.25. The van der Waals surface area contributed by atoms with Crippen molar-refractivity contribution in [2.75, 3.05) is 17.2 Å². The van der Waals surface area contributed by atoms with Crippen LogP contribution in [0.1, 0.15) is 41.1 Å². The molecule has 0 fully saturated rings. The van der Waals surface area contributed by atoms with Gasteiger partial charge in [-0.2, -0.15) is 0 Å². The molecule has 0 spiro atoms. The van der Waals surface area contributed by atoms with Gasteiger partial charge in [-0.15, -0.1) is 0 Å². The van der Waals surface area contributed by atoms with Crippen LogP contribution < -0.4 is 16.0 Å². The van der Waals surface area contributed by atoms with Gasteiger partial charge >= 0.3 is 0 Å². The van der Waals surface area contributed by atoms with Crippen molar-refractivity contribution in [1.29, 1.82) is 0 Å². The van der Waals surface area contributed by atoms with E-state index in [9.17, 15) is 9.59 Å². The highest BCUT2D eigenvalue weighted by molar-refractivity contribution is 6.02. The zero-order valence-corrected chi connectivity index (χ0v) is 17.2. The topological polar surface area (TPSA) is 83.1 Å². The van der Waals surface area contributed by atoms with E-state index < -0.39 is 0 Å². The van der Waals surface area contributed by atoms with Gasteiger partial charge in [-0.3, -0.25) is 14.6 Å². The highest BCUT2D eigenvalue weighted by atomic mass is 16.2. The summed E-state index contributed by atoms with van der Waals surface area (Å²) in [7, 11) is 0. The third kappa shape index (κ3) is 6.17. The maximum absolute atomic E-state index is 12.3. The first-order valence-corrected chi connectivity index (χ1v) is 9.99. The smallest absolute Gasteiger partial charge is 0.274 e. The SMILES string of the molecule is CC(C)CCNC(=O)c1cccc(Nc2ccc(NC(=O)c3ccccn3)cc2)c1. The fourth-order valence-electron chi connectivity index (χ4n) is 2.81. The average Bonchev–Trinajstić information content (AvgIpc) is 2.75. The zero-order valence-electron chi connectivity index (χ0n) is 17.2. The number of hydrogen-bond donors (Lipinski definition) is 3. The first-order chi connectivity index (χ1) is 14.5. The molecule has 0 unspecified atom stereocenters. The number of nitrogens with one attached hydrogen (secondary N) is 3. The molecule has 3 N–H and O–H groups in total. The number of aromatic nitrogens is 1. The van der Waals surface area contributed by atoms with Crippen LogP contribution in [-0.2, 0) is 0 Å². The lowest BCUT2D eigenvalue weighted by atomic mass is 10.1. The van der Waals surface area contributed by atoms with Gasteiger partial charge in [0, 0.05) is 35.4 Å². The number of rotatable bonds is 8. The quantitative estimate of drug-likeness (QED) is 0.503. The number of hydrogen-bond acceptors (Lipinski definition) is 4. The lowest BCUT2D eigenvalue weighted by molar-refractivity contribution is 0.0951. The van der Waals surface area contributed by atoms with Crippen LogP contribution in [0.3, 0.4) is 0 Å². The van der Waals surface area contributed by atoms with Crippen LogP contribution in [0.2, 0.25) is 0 Å². The van der Waals surface area contributed by atoms with E-state index in [-0.39, 0.29) is 11.8 Å². The molecule has 0 bridgehead atoms. The molecule has 0 aliphatic heterocycles. The molecule has 1 heterocycles. The number of pyridine rings is 1.